The zero-order valence-corrected chi connectivity index (χ0v) is 17.5. The lowest BCUT2D eigenvalue weighted by Crippen LogP contribution is -2.50. The number of amides is 3. The van der Waals surface area contributed by atoms with Crippen molar-refractivity contribution in [2.75, 3.05) is 6.61 Å². The number of nitrogens with zero attached hydrogens (tertiary/aromatic N) is 1. The van der Waals surface area contributed by atoms with Crippen molar-refractivity contribution in [3.05, 3.63) is 45.0 Å². The summed E-state index contributed by atoms with van der Waals surface area (Å²) in [5.41, 5.74) is -1.09. The van der Waals surface area contributed by atoms with E-state index in [1.165, 1.54) is 12.1 Å². The minimum atomic E-state index is -0.904. The molecule has 3 atom stereocenters. The van der Waals surface area contributed by atoms with Crippen LogP contribution in [0.5, 0.6) is 0 Å². The van der Waals surface area contributed by atoms with Gasteiger partial charge < -0.3 is 10.1 Å². The van der Waals surface area contributed by atoms with Crippen LogP contribution in [0.15, 0.2) is 33.9 Å². The fourth-order valence-corrected chi connectivity index (χ4v) is 3.83. The second-order valence-corrected chi connectivity index (χ2v) is 7.93. The van der Waals surface area contributed by atoms with E-state index in [2.05, 4.69) is 29.6 Å². The molecule has 3 rings (SSSR count). The molecule has 1 fully saturated rings. The van der Waals surface area contributed by atoms with Crippen molar-refractivity contribution in [1.82, 2.24) is 20.4 Å². The van der Waals surface area contributed by atoms with Gasteiger partial charge in [0.2, 0.25) is 0 Å². The predicted molar refractivity (Wildman–Crippen MR) is 112 cm³/mol. The highest BCUT2D eigenvalue weighted by molar-refractivity contribution is 5.95. The van der Waals surface area contributed by atoms with Crippen LogP contribution in [0.1, 0.15) is 33.1 Å². The van der Waals surface area contributed by atoms with Crippen LogP contribution < -0.4 is 21.8 Å². The molecule has 0 spiro atoms. The second kappa shape index (κ2) is 9.59. The van der Waals surface area contributed by atoms with E-state index < -0.39 is 42.2 Å². The van der Waals surface area contributed by atoms with Crippen LogP contribution in [-0.4, -0.2) is 40.3 Å². The minimum absolute atomic E-state index is 0.0179. The summed E-state index contributed by atoms with van der Waals surface area (Å²) in [4.78, 5) is 60.4. The van der Waals surface area contributed by atoms with Gasteiger partial charge in [-0.05, 0) is 30.4 Å². The molecule has 1 saturated carbocycles. The molecule has 1 aromatic carbocycles. The van der Waals surface area contributed by atoms with Crippen molar-refractivity contribution in [3.8, 4) is 0 Å². The van der Waals surface area contributed by atoms with E-state index in [4.69, 9.17) is 4.74 Å². The summed E-state index contributed by atoms with van der Waals surface area (Å²) in [5.74, 6) is -0.907. The largest absolute Gasteiger partial charge is 0.454 e. The van der Waals surface area contributed by atoms with Crippen molar-refractivity contribution < 1.29 is 19.1 Å². The Morgan fingerprint density at radius 1 is 1.13 bits per heavy atom. The molecule has 2 aromatic rings. The van der Waals surface area contributed by atoms with Crippen molar-refractivity contribution in [3.63, 3.8) is 0 Å². The Balaban J connectivity index is 1.51. The summed E-state index contributed by atoms with van der Waals surface area (Å²) in [7, 11) is 0. The van der Waals surface area contributed by atoms with Crippen LogP contribution in [0.4, 0.5) is 4.79 Å². The number of imide groups is 1. The third-order valence-corrected chi connectivity index (χ3v) is 5.81. The van der Waals surface area contributed by atoms with Gasteiger partial charge in [0.15, 0.2) is 6.61 Å². The normalized spacial score (nSPS) is 20.8. The molecule has 10 nitrogen and oxygen atoms in total. The molecule has 0 bridgehead atoms. The third kappa shape index (κ3) is 5.39. The number of hydrogen-bond donors (Lipinski definition) is 3. The van der Waals surface area contributed by atoms with Crippen LogP contribution >= 0.6 is 0 Å². The molecule has 3 unspecified atom stereocenters. The maximum atomic E-state index is 12.4. The monoisotopic (exact) mass is 430 g/mol. The molecule has 0 radical (unpaired) electrons. The Bertz CT molecular complexity index is 1100. The van der Waals surface area contributed by atoms with E-state index in [1.807, 2.05) is 0 Å². The molecule has 0 aliphatic heterocycles. The number of esters is 1. The van der Waals surface area contributed by atoms with Crippen LogP contribution in [0, 0.1) is 11.8 Å². The van der Waals surface area contributed by atoms with E-state index in [0.717, 1.165) is 23.9 Å². The Morgan fingerprint density at radius 2 is 1.84 bits per heavy atom. The molecule has 3 amide bonds. The minimum Gasteiger partial charge on any atom is -0.454 e. The number of carbonyl (C=O) groups is 3. The molecule has 1 heterocycles. The predicted octanol–water partition coefficient (Wildman–Crippen LogP) is 0.884. The van der Waals surface area contributed by atoms with E-state index in [-0.39, 0.29) is 16.8 Å². The molecular formula is C21H26N4O6. The highest BCUT2D eigenvalue weighted by Crippen LogP contribution is 2.29. The van der Waals surface area contributed by atoms with Gasteiger partial charge >= 0.3 is 12.0 Å². The first kappa shape index (κ1) is 22.3. The van der Waals surface area contributed by atoms with Gasteiger partial charge in [-0.3, -0.25) is 29.6 Å². The molecule has 1 aliphatic carbocycles. The third-order valence-electron chi connectivity index (χ3n) is 5.81. The van der Waals surface area contributed by atoms with Gasteiger partial charge in [-0.2, -0.15) is 0 Å². The van der Waals surface area contributed by atoms with Crippen molar-refractivity contribution in [2.24, 2.45) is 11.8 Å². The van der Waals surface area contributed by atoms with Crippen molar-refractivity contribution in [1.29, 1.82) is 0 Å². The number of carbonyl (C=O) groups excluding carboxylic acids is 3. The van der Waals surface area contributed by atoms with Crippen LogP contribution in [0.2, 0.25) is 0 Å². The van der Waals surface area contributed by atoms with Gasteiger partial charge in [-0.15, -0.1) is 0 Å². The number of rotatable bonds is 5. The standard InChI is InChI=1S/C21H26N4O6/c1-12-6-5-9-16(13(12)2)22-21(30)23-17(26)11-31-18(27)10-25-20(29)15-8-4-3-7-14(15)19(28)24-25/h3-4,7-8,12-13,16H,5-6,9-11H2,1-2H3,(H,24,28)(H2,22,23,26,30). The van der Waals surface area contributed by atoms with Crippen LogP contribution in [0.3, 0.4) is 0 Å². The van der Waals surface area contributed by atoms with Gasteiger partial charge in [0.25, 0.3) is 17.0 Å². The molecule has 1 aromatic heterocycles. The number of nitrogens with one attached hydrogen (secondary N) is 3. The van der Waals surface area contributed by atoms with Crippen molar-refractivity contribution in [2.45, 2.75) is 45.7 Å². The maximum Gasteiger partial charge on any atom is 0.328 e. The fraction of sp³-hybridized carbons (Fsp3) is 0.476. The van der Waals surface area contributed by atoms with Crippen LogP contribution in [0.25, 0.3) is 10.8 Å². The SMILES string of the molecule is CC1CCCC(NC(=O)NC(=O)COC(=O)Cn2[nH]c(=O)c3ccccc3c2=O)C1C. The number of aromatic amines is 1. The van der Waals surface area contributed by atoms with Gasteiger partial charge in [0.05, 0.1) is 10.8 Å². The summed E-state index contributed by atoms with van der Waals surface area (Å²) < 4.78 is 5.65. The van der Waals surface area contributed by atoms with Crippen LogP contribution in [-0.2, 0) is 20.9 Å². The summed E-state index contributed by atoms with van der Waals surface area (Å²) in [6.07, 6.45) is 2.97. The number of ether oxygens (including phenoxy) is 1. The number of benzene rings is 1. The zero-order valence-electron chi connectivity index (χ0n) is 17.5. The average Bonchev–Trinajstić information content (AvgIpc) is 2.73. The maximum absolute atomic E-state index is 12.4. The number of aromatic nitrogens is 2. The molecule has 0 saturated heterocycles. The topological polar surface area (TPSA) is 139 Å². The van der Waals surface area contributed by atoms with E-state index >= 15 is 0 Å². The average molecular weight is 430 g/mol. The Kier molecular flexibility index (Phi) is 6.88. The Labute approximate surface area is 177 Å². The molecule has 3 N–H and O–H groups in total. The Hall–Kier alpha value is -3.43. The summed E-state index contributed by atoms with van der Waals surface area (Å²) >= 11 is 0. The molecule has 10 heteroatoms. The number of urea groups is 1. The number of fused-ring (bicyclic) bond motifs is 1. The first-order valence-corrected chi connectivity index (χ1v) is 10.2. The molecule has 1 aliphatic rings. The highest BCUT2D eigenvalue weighted by Gasteiger charge is 2.28. The van der Waals surface area contributed by atoms with E-state index in [9.17, 15) is 24.0 Å². The zero-order chi connectivity index (χ0) is 22.5. The Morgan fingerprint density at radius 3 is 2.58 bits per heavy atom. The fourth-order valence-electron chi connectivity index (χ4n) is 3.83. The first-order valence-electron chi connectivity index (χ1n) is 10.2. The molecular weight excluding hydrogens is 404 g/mol. The number of H-pyrrole nitrogens is 1. The van der Waals surface area contributed by atoms with E-state index in [1.54, 1.807) is 12.1 Å². The second-order valence-electron chi connectivity index (χ2n) is 7.93. The lowest BCUT2D eigenvalue weighted by molar-refractivity contribution is -0.149. The smallest absolute Gasteiger partial charge is 0.328 e. The highest BCUT2D eigenvalue weighted by atomic mass is 16.5. The summed E-state index contributed by atoms with van der Waals surface area (Å²) in [6.45, 7) is 2.94. The lowest BCUT2D eigenvalue weighted by atomic mass is 9.78. The first-order chi connectivity index (χ1) is 14.8. The summed E-state index contributed by atoms with van der Waals surface area (Å²) in [5, 5.41) is 7.61. The van der Waals surface area contributed by atoms with Crippen molar-refractivity contribution >= 4 is 28.7 Å². The van der Waals surface area contributed by atoms with E-state index in [0.29, 0.717) is 11.8 Å². The van der Waals surface area contributed by atoms with Gasteiger partial charge in [-0.1, -0.05) is 38.8 Å². The molecule has 31 heavy (non-hydrogen) atoms. The number of hydrogen-bond acceptors (Lipinski definition) is 6. The van der Waals surface area contributed by atoms with Gasteiger partial charge in [0, 0.05) is 6.04 Å². The molecule has 166 valence electrons. The quantitative estimate of drug-likeness (QED) is 0.602. The summed E-state index contributed by atoms with van der Waals surface area (Å²) in [6, 6.07) is 5.56. The van der Waals surface area contributed by atoms with Gasteiger partial charge in [-0.25, -0.2) is 9.48 Å². The lowest BCUT2D eigenvalue weighted by Gasteiger charge is -2.34. The van der Waals surface area contributed by atoms with Gasteiger partial charge in [0.1, 0.15) is 6.54 Å².